The summed E-state index contributed by atoms with van der Waals surface area (Å²) in [4.78, 5) is 14.0. The van der Waals surface area contributed by atoms with Crippen molar-refractivity contribution >= 4 is 6.09 Å². The molecule has 0 radical (unpaired) electrons. The standard InChI is InChI=1S/C25H36N2O2/c1-9-20(16-26)15-14-18(3)19(4)23-13-11-12-21(22(23)10-2)17-27(8)24(28)29-25(5,6)7/h10,14-15,21H,2,4,9,11-13,17H2,1,3,5-8H3/b18-14+,20-15+. The van der Waals surface area contributed by atoms with Gasteiger partial charge in [0, 0.05) is 25.1 Å². The van der Waals surface area contributed by atoms with Crippen molar-refractivity contribution < 1.29 is 9.53 Å². The largest absolute Gasteiger partial charge is 0.444 e. The minimum absolute atomic E-state index is 0.208. The fourth-order valence-electron chi connectivity index (χ4n) is 3.42. The van der Waals surface area contributed by atoms with Crippen molar-refractivity contribution in [3.8, 4) is 6.07 Å². The van der Waals surface area contributed by atoms with Crippen molar-refractivity contribution in [1.29, 1.82) is 5.26 Å². The van der Waals surface area contributed by atoms with Crippen molar-refractivity contribution in [2.45, 2.75) is 65.9 Å². The molecule has 1 rings (SSSR count). The van der Waals surface area contributed by atoms with Crippen molar-refractivity contribution in [2.75, 3.05) is 13.6 Å². The van der Waals surface area contributed by atoms with Crippen LogP contribution in [0, 0.1) is 17.2 Å². The van der Waals surface area contributed by atoms with Gasteiger partial charge in [-0.25, -0.2) is 4.79 Å². The third kappa shape index (κ3) is 7.42. The predicted octanol–water partition coefficient (Wildman–Crippen LogP) is 6.50. The summed E-state index contributed by atoms with van der Waals surface area (Å²) in [5, 5.41) is 9.11. The first-order valence-electron chi connectivity index (χ1n) is 10.3. The fourth-order valence-corrected chi connectivity index (χ4v) is 3.42. The molecule has 4 heteroatoms. The third-order valence-electron chi connectivity index (χ3n) is 5.09. The lowest BCUT2D eigenvalue weighted by Crippen LogP contribution is -2.37. The lowest BCUT2D eigenvalue weighted by atomic mass is 9.78. The van der Waals surface area contributed by atoms with Gasteiger partial charge in [-0.1, -0.05) is 32.2 Å². The summed E-state index contributed by atoms with van der Waals surface area (Å²) >= 11 is 0. The highest BCUT2D eigenvalue weighted by atomic mass is 16.6. The summed E-state index contributed by atoms with van der Waals surface area (Å²) in [5.74, 6) is 0.208. The number of nitriles is 1. The van der Waals surface area contributed by atoms with E-state index in [1.165, 1.54) is 5.57 Å². The number of carbonyl (C=O) groups excluding carboxylic acids is 1. The fraction of sp³-hybridized carbons (Fsp3) is 0.520. The molecule has 0 aromatic heterocycles. The molecule has 0 heterocycles. The molecule has 0 N–H and O–H groups in total. The summed E-state index contributed by atoms with van der Waals surface area (Å²) in [5.41, 5.74) is 4.62. The third-order valence-corrected chi connectivity index (χ3v) is 5.09. The van der Waals surface area contributed by atoms with Gasteiger partial charge in [0.15, 0.2) is 0 Å². The summed E-state index contributed by atoms with van der Waals surface area (Å²) < 4.78 is 5.48. The number of hydrogen-bond acceptors (Lipinski definition) is 3. The van der Waals surface area contributed by atoms with Crippen LogP contribution in [-0.4, -0.2) is 30.2 Å². The maximum Gasteiger partial charge on any atom is 0.410 e. The second-order valence-corrected chi connectivity index (χ2v) is 8.57. The number of hydrogen-bond donors (Lipinski definition) is 0. The van der Waals surface area contributed by atoms with Gasteiger partial charge in [0.2, 0.25) is 0 Å². The second kappa shape index (κ2) is 10.9. The highest BCUT2D eigenvalue weighted by molar-refractivity contribution is 5.67. The Balaban J connectivity index is 3.07. The van der Waals surface area contributed by atoms with E-state index in [-0.39, 0.29) is 12.0 Å². The van der Waals surface area contributed by atoms with Crippen molar-refractivity contribution in [3.05, 3.63) is 59.3 Å². The molecule has 0 spiro atoms. The van der Waals surface area contributed by atoms with Crippen LogP contribution >= 0.6 is 0 Å². The van der Waals surface area contributed by atoms with Gasteiger partial charge < -0.3 is 9.64 Å². The average Bonchev–Trinajstić information content (AvgIpc) is 2.66. The smallest absolute Gasteiger partial charge is 0.410 e. The zero-order valence-electron chi connectivity index (χ0n) is 19.0. The molecule has 0 saturated heterocycles. The maximum absolute atomic E-state index is 12.4. The zero-order valence-corrected chi connectivity index (χ0v) is 19.0. The molecule has 4 nitrogen and oxygen atoms in total. The molecule has 1 unspecified atom stereocenters. The van der Waals surface area contributed by atoms with Crippen molar-refractivity contribution in [3.63, 3.8) is 0 Å². The Labute approximate surface area is 176 Å². The normalized spacial score (nSPS) is 18.2. The topological polar surface area (TPSA) is 53.3 Å². The Morgan fingerprint density at radius 3 is 2.55 bits per heavy atom. The Hall–Kier alpha value is -2.54. The number of amides is 1. The molecule has 1 aliphatic carbocycles. The Kier molecular flexibility index (Phi) is 9.17. The molecule has 0 aliphatic heterocycles. The molecule has 1 aliphatic rings. The van der Waals surface area contributed by atoms with Gasteiger partial charge in [0.25, 0.3) is 0 Å². The molecule has 1 atom stereocenters. The van der Waals surface area contributed by atoms with Crippen LogP contribution in [-0.2, 0) is 4.74 Å². The molecular weight excluding hydrogens is 360 g/mol. The minimum atomic E-state index is -0.509. The van der Waals surface area contributed by atoms with Gasteiger partial charge in [0.1, 0.15) is 5.60 Å². The molecule has 0 fully saturated rings. The summed E-state index contributed by atoms with van der Waals surface area (Å²) in [6.07, 6.45) is 9.13. The molecule has 0 aromatic carbocycles. The van der Waals surface area contributed by atoms with E-state index in [1.54, 1.807) is 11.9 Å². The van der Waals surface area contributed by atoms with Gasteiger partial charge in [-0.3, -0.25) is 0 Å². The van der Waals surface area contributed by atoms with E-state index >= 15 is 0 Å². The van der Waals surface area contributed by atoms with E-state index in [2.05, 4.69) is 19.2 Å². The van der Waals surface area contributed by atoms with Gasteiger partial charge >= 0.3 is 6.09 Å². The number of rotatable bonds is 7. The molecule has 0 aromatic rings. The lowest BCUT2D eigenvalue weighted by Gasteiger charge is -2.32. The van der Waals surface area contributed by atoms with Crippen LogP contribution in [0.5, 0.6) is 0 Å². The van der Waals surface area contributed by atoms with Gasteiger partial charge in [-0.05, 0) is 81.7 Å². The highest BCUT2D eigenvalue weighted by Crippen LogP contribution is 2.37. The van der Waals surface area contributed by atoms with E-state index in [9.17, 15) is 4.79 Å². The van der Waals surface area contributed by atoms with Crippen LogP contribution in [0.4, 0.5) is 4.79 Å². The first-order valence-corrected chi connectivity index (χ1v) is 10.3. The van der Waals surface area contributed by atoms with Crippen molar-refractivity contribution in [2.24, 2.45) is 5.92 Å². The van der Waals surface area contributed by atoms with Gasteiger partial charge in [-0.15, -0.1) is 0 Å². The number of ether oxygens (including phenoxy) is 1. The van der Waals surface area contributed by atoms with Crippen LogP contribution < -0.4 is 0 Å². The van der Waals surface area contributed by atoms with Gasteiger partial charge in [-0.2, -0.15) is 5.26 Å². The highest BCUT2D eigenvalue weighted by Gasteiger charge is 2.27. The maximum atomic E-state index is 12.4. The first kappa shape index (κ1) is 24.5. The Morgan fingerprint density at radius 2 is 2.03 bits per heavy atom. The van der Waals surface area contributed by atoms with Gasteiger partial charge in [0.05, 0.1) is 6.07 Å². The van der Waals surface area contributed by atoms with Crippen LogP contribution in [0.25, 0.3) is 0 Å². The molecule has 29 heavy (non-hydrogen) atoms. The molecule has 158 valence electrons. The zero-order chi connectivity index (χ0) is 22.2. The monoisotopic (exact) mass is 396 g/mol. The number of carbonyl (C=O) groups is 1. The lowest BCUT2D eigenvalue weighted by molar-refractivity contribution is 0.0278. The first-order chi connectivity index (χ1) is 13.5. The van der Waals surface area contributed by atoms with E-state index in [0.717, 1.165) is 41.6 Å². The second-order valence-electron chi connectivity index (χ2n) is 8.57. The Morgan fingerprint density at radius 1 is 1.38 bits per heavy atom. The predicted molar refractivity (Wildman–Crippen MR) is 120 cm³/mol. The summed E-state index contributed by atoms with van der Waals surface area (Å²) in [6, 6.07) is 2.21. The number of allylic oxidation sites excluding steroid dienone is 7. The van der Waals surface area contributed by atoms with E-state index in [0.29, 0.717) is 13.0 Å². The molecule has 0 saturated carbocycles. The van der Waals surface area contributed by atoms with E-state index in [1.807, 2.05) is 52.8 Å². The van der Waals surface area contributed by atoms with E-state index < -0.39 is 5.60 Å². The average molecular weight is 397 g/mol. The van der Waals surface area contributed by atoms with Crippen LogP contribution in [0.15, 0.2) is 59.3 Å². The van der Waals surface area contributed by atoms with Crippen molar-refractivity contribution in [1.82, 2.24) is 4.90 Å². The Bertz CT molecular complexity index is 770. The molecule has 0 bridgehead atoms. The van der Waals surface area contributed by atoms with Crippen LogP contribution in [0.2, 0.25) is 0 Å². The molecular formula is C25H36N2O2. The SMILES string of the molecule is C=CC1=C(C(=C)/C(C)=C/C=C(/C#N)CC)CCCC1CN(C)C(=O)OC(C)(C)C. The van der Waals surface area contributed by atoms with E-state index in [4.69, 9.17) is 10.00 Å². The molecule has 1 amide bonds. The van der Waals surface area contributed by atoms with Crippen LogP contribution in [0.1, 0.15) is 60.3 Å². The quantitative estimate of drug-likeness (QED) is 0.364. The number of nitrogens with zero attached hydrogens (tertiary/aromatic N) is 2. The summed E-state index contributed by atoms with van der Waals surface area (Å²) in [7, 11) is 1.78. The summed E-state index contributed by atoms with van der Waals surface area (Å²) in [6.45, 7) is 18.5. The van der Waals surface area contributed by atoms with Crippen LogP contribution in [0.3, 0.4) is 0 Å². The minimum Gasteiger partial charge on any atom is -0.444 e.